The van der Waals surface area contributed by atoms with E-state index in [1.54, 1.807) is 24.3 Å². The van der Waals surface area contributed by atoms with E-state index >= 15 is 0 Å². The van der Waals surface area contributed by atoms with E-state index in [0.717, 1.165) is 0 Å². The minimum Gasteiger partial charge on any atom is -0.320 e. The third-order valence-electron chi connectivity index (χ3n) is 2.86. The van der Waals surface area contributed by atoms with Gasteiger partial charge >= 0.3 is 5.69 Å². The zero-order valence-corrected chi connectivity index (χ0v) is 11.3. The Bertz CT molecular complexity index is 718. The van der Waals surface area contributed by atoms with Gasteiger partial charge in [-0.05, 0) is 38.1 Å². The molecule has 8 heteroatoms. The lowest BCUT2D eigenvalue weighted by molar-refractivity contribution is -0.385. The Morgan fingerprint density at radius 2 is 1.90 bits per heavy atom. The number of amides is 1. The first kappa shape index (κ1) is 14.4. The van der Waals surface area contributed by atoms with E-state index in [9.17, 15) is 19.7 Å². The molecule has 1 aromatic heterocycles. The molecular formula is C13H12N4O4. The number of Topliss-reactive ketones (excluding diaryl/α,β-unsaturated/α-hetero) is 1. The van der Waals surface area contributed by atoms with Crippen LogP contribution in [-0.4, -0.2) is 26.8 Å². The lowest BCUT2D eigenvalue weighted by Gasteiger charge is -2.03. The summed E-state index contributed by atoms with van der Waals surface area (Å²) >= 11 is 0. The Kier molecular flexibility index (Phi) is 3.79. The highest BCUT2D eigenvalue weighted by molar-refractivity contribution is 6.06. The van der Waals surface area contributed by atoms with E-state index in [2.05, 4.69) is 15.5 Å². The summed E-state index contributed by atoms with van der Waals surface area (Å²) in [6.45, 7) is 2.90. The van der Waals surface area contributed by atoms with Crippen molar-refractivity contribution < 1.29 is 14.5 Å². The van der Waals surface area contributed by atoms with Crippen LogP contribution in [0.4, 0.5) is 11.4 Å². The van der Waals surface area contributed by atoms with Crippen molar-refractivity contribution in [1.29, 1.82) is 0 Å². The van der Waals surface area contributed by atoms with Gasteiger partial charge in [0.2, 0.25) is 5.69 Å². The van der Waals surface area contributed by atoms with E-state index in [1.807, 2.05) is 0 Å². The number of aromatic amines is 1. The minimum atomic E-state index is -0.693. The molecule has 0 saturated heterocycles. The standard InChI is InChI=1S/C13H12N4O4/c1-7-12(17(20)21)11(16-15-7)13(19)14-10-5-3-9(4-6-10)8(2)18/h3-6H,1-2H3,(H,14,19)(H,15,16). The van der Waals surface area contributed by atoms with Crippen LogP contribution in [0.2, 0.25) is 0 Å². The molecule has 1 aromatic carbocycles. The Hall–Kier alpha value is -3.03. The normalized spacial score (nSPS) is 10.2. The number of nitrogens with zero attached hydrogens (tertiary/aromatic N) is 2. The largest absolute Gasteiger partial charge is 0.322 e. The van der Waals surface area contributed by atoms with Crippen molar-refractivity contribution in [3.05, 3.63) is 51.3 Å². The zero-order valence-electron chi connectivity index (χ0n) is 11.3. The second-order valence-corrected chi connectivity index (χ2v) is 4.39. The van der Waals surface area contributed by atoms with Crippen molar-refractivity contribution in [2.24, 2.45) is 0 Å². The number of nitrogens with one attached hydrogen (secondary N) is 2. The van der Waals surface area contributed by atoms with Gasteiger partial charge in [0.05, 0.1) is 4.92 Å². The fourth-order valence-corrected chi connectivity index (χ4v) is 1.78. The monoisotopic (exact) mass is 288 g/mol. The number of hydrogen-bond acceptors (Lipinski definition) is 5. The summed E-state index contributed by atoms with van der Waals surface area (Å²) in [6.07, 6.45) is 0. The van der Waals surface area contributed by atoms with Crippen molar-refractivity contribution in [2.75, 3.05) is 5.32 Å². The number of carbonyl (C=O) groups is 2. The van der Waals surface area contributed by atoms with Gasteiger partial charge in [0.25, 0.3) is 5.91 Å². The van der Waals surface area contributed by atoms with E-state index in [-0.39, 0.29) is 22.9 Å². The Labute approximate surface area is 119 Å². The molecule has 0 spiro atoms. The second-order valence-electron chi connectivity index (χ2n) is 4.39. The fourth-order valence-electron chi connectivity index (χ4n) is 1.78. The molecule has 108 valence electrons. The van der Waals surface area contributed by atoms with Crippen molar-refractivity contribution in [3.63, 3.8) is 0 Å². The molecule has 0 unspecified atom stereocenters. The van der Waals surface area contributed by atoms with Gasteiger partial charge < -0.3 is 5.32 Å². The fraction of sp³-hybridized carbons (Fsp3) is 0.154. The van der Waals surface area contributed by atoms with Crippen LogP contribution in [0.1, 0.15) is 33.5 Å². The van der Waals surface area contributed by atoms with Gasteiger partial charge in [0, 0.05) is 11.3 Å². The number of anilines is 1. The summed E-state index contributed by atoms with van der Waals surface area (Å²) in [5, 5.41) is 19.5. The molecule has 1 amide bonds. The van der Waals surface area contributed by atoms with Crippen molar-refractivity contribution in [2.45, 2.75) is 13.8 Å². The maximum absolute atomic E-state index is 12.0. The van der Waals surface area contributed by atoms with Gasteiger partial charge in [0.15, 0.2) is 5.78 Å². The quantitative estimate of drug-likeness (QED) is 0.507. The number of nitro groups is 1. The molecule has 0 atom stereocenters. The lowest BCUT2D eigenvalue weighted by atomic mass is 10.1. The van der Waals surface area contributed by atoms with Crippen LogP contribution < -0.4 is 5.32 Å². The maximum Gasteiger partial charge on any atom is 0.322 e. The molecule has 8 nitrogen and oxygen atoms in total. The molecule has 21 heavy (non-hydrogen) atoms. The van der Waals surface area contributed by atoms with Crippen molar-refractivity contribution in [1.82, 2.24) is 10.2 Å². The first-order valence-electron chi connectivity index (χ1n) is 6.02. The molecule has 0 fully saturated rings. The minimum absolute atomic E-state index is 0.0913. The van der Waals surface area contributed by atoms with E-state index in [0.29, 0.717) is 11.3 Å². The Balaban J connectivity index is 2.22. The number of hydrogen-bond donors (Lipinski definition) is 2. The van der Waals surface area contributed by atoms with Gasteiger partial charge in [-0.3, -0.25) is 24.8 Å². The highest BCUT2D eigenvalue weighted by atomic mass is 16.6. The summed E-state index contributed by atoms with van der Waals surface area (Å²) in [6, 6.07) is 6.20. The smallest absolute Gasteiger partial charge is 0.320 e. The van der Waals surface area contributed by atoms with E-state index in [4.69, 9.17) is 0 Å². The molecule has 2 N–H and O–H groups in total. The van der Waals surface area contributed by atoms with Gasteiger partial charge in [0.1, 0.15) is 5.69 Å². The third kappa shape index (κ3) is 2.94. The molecule has 1 heterocycles. The van der Waals surface area contributed by atoms with Crippen molar-refractivity contribution in [3.8, 4) is 0 Å². The molecule has 2 rings (SSSR count). The van der Waals surface area contributed by atoms with Crippen LogP contribution >= 0.6 is 0 Å². The molecule has 0 bridgehead atoms. The third-order valence-corrected chi connectivity index (χ3v) is 2.86. The molecule has 0 aliphatic rings. The number of carbonyl (C=O) groups excluding carboxylic acids is 2. The summed E-state index contributed by atoms with van der Waals surface area (Å²) in [5.41, 5.74) is 0.493. The van der Waals surface area contributed by atoms with Gasteiger partial charge in [-0.2, -0.15) is 5.10 Å². The molecule has 0 radical (unpaired) electrons. The number of aromatic nitrogens is 2. The van der Waals surface area contributed by atoms with E-state index in [1.165, 1.54) is 13.8 Å². The van der Waals surface area contributed by atoms with Crippen LogP contribution in [0.3, 0.4) is 0 Å². The molecule has 0 saturated carbocycles. The summed E-state index contributed by atoms with van der Waals surface area (Å²) in [5.74, 6) is -0.784. The predicted octanol–water partition coefficient (Wildman–Crippen LogP) is 2.08. The first-order valence-corrected chi connectivity index (χ1v) is 6.02. The molecule has 0 aliphatic heterocycles. The molecular weight excluding hydrogens is 276 g/mol. The van der Waals surface area contributed by atoms with Crippen LogP contribution in [0, 0.1) is 17.0 Å². The van der Waals surface area contributed by atoms with Crippen molar-refractivity contribution >= 4 is 23.1 Å². The van der Waals surface area contributed by atoms with Crippen LogP contribution in [-0.2, 0) is 0 Å². The summed E-state index contributed by atoms with van der Waals surface area (Å²) < 4.78 is 0. The summed E-state index contributed by atoms with van der Waals surface area (Å²) in [7, 11) is 0. The molecule has 0 aliphatic carbocycles. The number of aryl methyl sites for hydroxylation is 1. The predicted molar refractivity (Wildman–Crippen MR) is 74.4 cm³/mol. The highest BCUT2D eigenvalue weighted by Gasteiger charge is 2.27. The topological polar surface area (TPSA) is 118 Å². The number of H-pyrrole nitrogens is 1. The Morgan fingerprint density at radius 3 is 2.43 bits per heavy atom. The number of rotatable bonds is 4. The zero-order chi connectivity index (χ0) is 15.6. The SMILES string of the molecule is CC(=O)c1ccc(NC(=O)c2n[nH]c(C)c2[N+](=O)[O-])cc1. The number of ketones is 1. The van der Waals surface area contributed by atoms with Crippen LogP contribution in [0.25, 0.3) is 0 Å². The van der Waals surface area contributed by atoms with E-state index < -0.39 is 10.8 Å². The summed E-state index contributed by atoms with van der Waals surface area (Å²) in [4.78, 5) is 33.4. The van der Waals surface area contributed by atoms with Gasteiger partial charge in [-0.25, -0.2) is 0 Å². The second kappa shape index (κ2) is 5.53. The highest BCUT2D eigenvalue weighted by Crippen LogP contribution is 2.21. The number of benzene rings is 1. The maximum atomic E-state index is 12.0. The molecule has 2 aromatic rings. The Morgan fingerprint density at radius 1 is 1.29 bits per heavy atom. The van der Waals surface area contributed by atoms with Gasteiger partial charge in [-0.15, -0.1) is 0 Å². The van der Waals surface area contributed by atoms with Gasteiger partial charge in [-0.1, -0.05) is 0 Å². The average molecular weight is 288 g/mol. The van der Waals surface area contributed by atoms with Crippen LogP contribution in [0.5, 0.6) is 0 Å². The first-order chi connectivity index (χ1) is 9.90. The average Bonchev–Trinajstić information content (AvgIpc) is 2.81. The lowest BCUT2D eigenvalue weighted by Crippen LogP contribution is -2.14. The van der Waals surface area contributed by atoms with Crippen LogP contribution in [0.15, 0.2) is 24.3 Å².